The average molecular weight is 266 g/mol. The van der Waals surface area contributed by atoms with Crippen LogP contribution in [0.4, 0.5) is 11.4 Å². The Morgan fingerprint density at radius 2 is 1.83 bits per heavy atom. The number of nitrogens with zero attached hydrogens (tertiary/aromatic N) is 3. The second-order valence-corrected chi connectivity index (χ2v) is 4.91. The smallest absolute Gasteiger partial charge is 0.205 e. The largest absolute Gasteiger partial charge is 0.310 e. The maximum absolute atomic E-state index is 4.64. The molecule has 0 aliphatic carbocycles. The predicted molar refractivity (Wildman–Crippen MR) is 80.4 cm³/mol. The Morgan fingerprint density at radius 1 is 1.17 bits per heavy atom. The van der Waals surface area contributed by atoms with Crippen LogP contribution < -0.4 is 9.80 Å². The first-order valence-corrected chi connectivity index (χ1v) is 6.43. The van der Waals surface area contributed by atoms with E-state index in [9.17, 15) is 0 Å². The summed E-state index contributed by atoms with van der Waals surface area (Å²) >= 11 is 0. The summed E-state index contributed by atoms with van der Waals surface area (Å²) in [7, 11) is 0. The highest BCUT2D eigenvalue weighted by Gasteiger charge is 2.34. The number of aryl methyl sites for hydroxylation is 2. The zero-order valence-corrected chi connectivity index (χ0v) is 12.0. The molecule has 0 N–H and O–H groups in total. The minimum Gasteiger partial charge on any atom is -0.310 e. The van der Waals surface area contributed by atoms with Gasteiger partial charge in [0, 0.05) is 13.1 Å². The molecule has 0 atom stereocenters. The van der Waals surface area contributed by atoms with E-state index >= 15 is 0 Å². The molecule has 1 aromatic rings. The number of anilines is 2. The Hall–Kier alpha value is -1.22. The van der Waals surface area contributed by atoms with Crippen LogP contribution in [0.5, 0.6) is 0 Å². The topological polar surface area (TPSA) is 18.8 Å². The molecule has 0 fully saturated rings. The van der Waals surface area contributed by atoms with Crippen molar-refractivity contribution in [2.24, 2.45) is 4.99 Å². The van der Waals surface area contributed by atoms with Gasteiger partial charge in [-0.3, -0.25) is 4.99 Å². The fraction of sp³-hybridized carbons (Fsp3) is 0.500. The van der Waals surface area contributed by atoms with E-state index in [0.717, 1.165) is 32.0 Å². The second-order valence-electron chi connectivity index (χ2n) is 4.91. The third-order valence-corrected chi connectivity index (χ3v) is 3.68. The monoisotopic (exact) mass is 265 g/mol. The van der Waals surface area contributed by atoms with Gasteiger partial charge in [0.2, 0.25) is 5.96 Å². The first-order valence-electron chi connectivity index (χ1n) is 6.43. The van der Waals surface area contributed by atoms with E-state index in [1.165, 1.54) is 22.5 Å². The van der Waals surface area contributed by atoms with Gasteiger partial charge in [0.05, 0.1) is 17.9 Å². The lowest BCUT2D eigenvalue weighted by atomic mass is 10.1. The van der Waals surface area contributed by atoms with Crippen LogP contribution in [0.15, 0.2) is 17.1 Å². The number of halogens is 1. The van der Waals surface area contributed by atoms with Crippen LogP contribution in [0.2, 0.25) is 0 Å². The number of guanidine groups is 1. The quantitative estimate of drug-likeness (QED) is 0.818. The van der Waals surface area contributed by atoms with Crippen molar-refractivity contribution in [1.82, 2.24) is 0 Å². The maximum Gasteiger partial charge on any atom is 0.205 e. The van der Waals surface area contributed by atoms with Crippen LogP contribution in [0, 0.1) is 13.8 Å². The lowest BCUT2D eigenvalue weighted by molar-refractivity contribution is 0.907. The van der Waals surface area contributed by atoms with Crippen molar-refractivity contribution in [3.63, 3.8) is 0 Å². The molecule has 0 bridgehead atoms. The normalized spacial score (nSPS) is 16.3. The molecule has 98 valence electrons. The molecule has 3 rings (SSSR count). The van der Waals surface area contributed by atoms with E-state index in [1.807, 2.05) is 0 Å². The maximum atomic E-state index is 4.64. The third-order valence-electron chi connectivity index (χ3n) is 3.68. The summed E-state index contributed by atoms with van der Waals surface area (Å²) < 4.78 is 0. The molecule has 18 heavy (non-hydrogen) atoms. The van der Waals surface area contributed by atoms with Crippen LogP contribution >= 0.6 is 12.4 Å². The Balaban J connectivity index is 0.00000120. The standard InChI is InChI=1S/C14H19N3.ClH/c1-4-6-16-12-8-10(2)11(3)9-13(12)17-7-5-15-14(16)17;/h8-9H,4-7H2,1-3H3;1H. The first-order chi connectivity index (χ1) is 8.22. The molecular formula is C14H20ClN3. The molecule has 0 saturated heterocycles. The molecule has 0 aromatic heterocycles. The number of fused-ring (bicyclic) bond motifs is 3. The molecule has 0 amide bonds. The molecule has 0 unspecified atom stereocenters. The summed E-state index contributed by atoms with van der Waals surface area (Å²) in [6.07, 6.45) is 1.15. The summed E-state index contributed by atoms with van der Waals surface area (Å²) in [5, 5.41) is 0. The second kappa shape index (κ2) is 4.81. The van der Waals surface area contributed by atoms with Crippen molar-refractivity contribution < 1.29 is 0 Å². The summed E-state index contributed by atoms with van der Waals surface area (Å²) in [6, 6.07) is 4.61. The van der Waals surface area contributed by atoms with Crippen molar-refractivity contribution >= 4 is 29.7 Å². The summed E-state index contributed by atoms with van der Waals surface area (Å²) in [5.74, 6) is 1.16. The Morgan fingerprint density at radius 3 is 2.50 bits per heavy atom. The van der Waals surface area contributed by atoms with Crippen molar-refractivity contribution in [2.45, 2.75) is 27.2 Å². The summed E-state index contributed by atoms with van der Waals surface area (Å²) in [4.78, 5) is 9.37. The Kier molecular flexibility index (Phi) is 3.53. The van der Waals surface area contributed by atoms with Gasteiger partial charge in [-0.15, -0.1) is 12.4 Å². The van der Waals surface area contributed by atoms with E-state index in [0.29, 0.717) is 0 Å². The van der Waals surface area contributed by atoms with E-state index in [4.69, 9.17) is 0 Å². The summed E-state index contributed by atoms with van der Waals surface area (Å²) in [6.45, 7) is 9.62. The van der Waals surface area contributed by atoms with Crippen LogP contribution in [0.25, 0.3) is 0 Å². The van der Waals surface area contributed by atoms with E-state index in [2.05, 4.69) is 47.7 Å². The molecular weight excluding hydrogens is 246 g/mol. The minimum absolute atomic E-state index is 0. The molecule has 4 heteroatoms. The highest BCUT2D eigenvalue weighted by atomic mass is 35.5. The van der Waals surface area contributed by atoms with E-state index in [-0.39, 0.29) is 12.4 Å². The zero-order valence-electron chi connectivity index (χ0n) is 11.2. The molecule has 2 heterocycles. The number of hydrogen-bond acceptors (Lipinski definition) is 3. The highest BCUT2D eigenvalue weighted by molar-refractivity contribution is 6.17. The molecule has 0 spiro atoms. The van der Waals surface area contributed by atoms with Gasteiger partial charge in [-0.05, 0) is 43.5 Å². The fourth-order valence-electron chi connectivity index (χ4n) is 2.66. The minimum atomic E-state index is 0. The van der Waals surface area contributed by atoms with Gasteiger partial charge in [0.1, 0.15) is 0 Å². The van der Waals surface area contributed by atoms with Gasteiger partial charge in [-0.25, -0.2) is 0 Å². The number of benzene rings is 1. The van der Waals surface area contributed by atoms with Crippen molar-refractivity contribution in [3.05, 3.63) is 23.3 Å². The van der Waals surface area contributed by atoms with Crippen LogP contribution in [-0.2, 0) is 0 Å². The third kappa shape index (κ3) is 1.77. The van der Waals surface area contributed by atoms with Gasteiger partial charge in [-0.2, -0.15) is 0 Å². The predicted octanol–water partition coefficient (Wildman–Crippen LogP) is 3.13. The molecule has 3 nitrogen and oxygen atoms in total. The van der Waals surface area contributed by atoms with Gasteiger partial charge in [-0.1, -0.05) is 6.92 Å². The van der Waals surface area contributed by atoms with Gasteiger partial charge >= 0.3 is 0 Å². The van der Waals surface area contributed by atoms with Gasteiger partial charge in [0.25, 0.3) is 0 Å². The lowest BCUT2D eigenvalue weighted by Gasteiger charge is -2.18. The van der Waals surface area contributed by atoms with E-state index in [1.54, 1.807) is 0 Å². The van der Waals surface area contributed by atoms with Crippen LogP contribution in [0.3, 0.4) is 0 Å². The van der Waals surface area contributed by atoms with Gasteiger partial charge in [0.15, 0.2) is 0 Å². The van der Waals surface area contributed by atoms with Crippen molar-refractivity contribution in [1.29, 1.82) is 0 Å². The number of rotatable bonds is 2. The molecule has 1 aromatic carbocycles. The molecule has 0 saturated carbocycles. The highest BCUT2D eigenvalue weighted by Crippen LogP contribution is 2.40. The molecule has 2 aliphatic heterocycles. The van der Waals surface area contributed by atoms with Crippen LogP contribution in [0.1, 0.15) is 24.5 Å². The average Bonchev–Trinajstić information content (AvgIpc) is 2.85. The molecule has 2 aliphatic rings. The molecule has 0 radical (unpaired) electrons. The number of aliphatic imine (C=N–C) groups is 1. The van der Waals surface area contributed by atoms with Gasteiger partial charge < -0.3 is 9.80 Å². The fourth-order valence-corrected chi connectivity index (χ4v) is 2.66. The Labute approximate surface area is 115 Å². The SMILES string of the molecule is CCCN1C2=NCCN2c2cc(C)c(C)cc21.Cl. The number of hydrogen-bond donors (Lipinski definition) is 0. The van der Waals surface area contributed by atoms with Crippen molar-refractivity contribution in [3.8, 4) is 0 Å². The first kappa shape index (κ1) is 13.2. The Bertz CT molecular complexity index is 496. The lowest BCUT2D eigenvalue weighted by Crippen LogP contribution is -2.35. The van der Waals surface area contributed by atoms with Crippen LogP contribution in [-0.4, -0.2) is 25.6 Å². The van der Waals surface area contributed by atoms with Crippen molar-refractivity contribution in [2.75, 3.05) is 29.4 Å². The van der Waals surface area contributed by atoms with E-state index < -0.39 is 0 Å². The summed E-state index contributed by atoms with van der Waals surface area (Å²) in [5.41, 5.74) is 5.42. The zero-order chi connectivity index (χ0) is 12.0.